The molecule has 0 radical (unpaired) electrons. The van der Waals surface area contributed by atoms with Gasteiger partial charge in [-0.2, -0.15) is 0 Å². The second-order valence-corrected chi connectivity index (χ2v) is 7.65. The summed E-state index contributed by atoms with van der Waals surface area (Å²) >= 11 is 1.44. The lowest BCUT2D eigenvalue weighted by Gasteiger charge is -2.38. The number of thiazole rings is 1. The molecule has 3 fully saturated rings. The van der Waals surface area contributed by atoms with Gasteiger partial charge in [0.2, 0.25) is 5.91 Å². The summed E-state index contributed by atoms with van der Waals surface area (Å²) in [4.78, 5) is 33.6. The maximum absolute atomic E-state index is 13.0. The van der Waals surface area contributed by atoms with Crippen molar-refractivity contribution in [1.82, 2.24) is 14.8 Å². The molecule has 24 heavy (non-hydrogen) atoms. The summed E-state index contributed by atoms with van der Waals surface area (Å²) in [6.45, 7) is 2.83. The Balaban J connectivity index is 1.51. The lowest BCUT2D eigenvalue weighted by Crippen LogP contribution is -2.50. The number of amides is 2. The second-order valence-electron chi connectivity index (χ2n) is 6.93. The highest BCUT2D eigenvalue weighted by Crippen LogP contribution is 2.33. The SMILES string of the molecule is O=C(C1CC1)N1CCC(N(C(=O)c2cscn2)C2CCOCC2)C1. The molecule has 2 saturated heterocycles. The van der Waals surface area contributed by atoms with Crippen molar-refractivity contribution < 1.29 is 14.3 Å². The number of nitrogens with zero attached hydrogens (tertiary/aromatic N) is 3. The predicted molar refractivity (Wildman–Crippen MR) is 89.8 cm³/mol. The summed E-state index contributed by atoms with van der Waals surface area (Å²) in [5.41, 5.74) is 2.23. The monoisotopic (exact) mass is 349 g/mol. The molecule has 1 unspecified atom stereocenters. The van der Waals surface area contributed by atoms with E-state index in [9.17, 15) is 9.59 Å². The molecule has 0 spiro atoms. The van der Waals surface area contributed by atoms with Crippen molar-refractivity contribution in [3.05, 3.63) is 16.6 Å². The normalized spacial score (nSPS) is 25.0. The van der Waals surface area contributed by atoms with E-state index in [1.165, 1.54) is 11.3 Å². The van der Waals surface area contributed by atoms with Gasteiger partial charge in [0.25, 0.3) is 5.91 Å². The Morgan fingerprint density at radius 3 is 2.62 bits per heavy atom. The van der Waals surface area contributed by atoms with Crippen LogP contribution >= 0.6 is 11.3 Å². The molecule has 4 rings (SSSR count). The number of aromatic nitrogens is 1. The van der Waals surface area contributed by atoms with Crippen LogP contribution in [0.5, 0.6) is 0 Å². The van der Waals surface area contributed by atoms with Gasteiger partial charge in [0.1, 0.15) is 5.69 Å². The number of likely N-dealkylation sites (tertiary alicyclic amines) is 1. The third-order valence-corrected chi connectivity index (χ3v) is 5.85. The average Bonchev–Trinajstić information content (AvgIpc) is 3.11. The first-order chi connectivity index (χ1) is 11.7. The summed E-state index contributed by atoms with van der Waals surface area (Å²) in [5, 5.41) is 1.82. The Morgan fingerprint density at radius 2 is 1.96 bits per heavy atom. The molecule has 0 bridgehead atoms. The van der Waals surface area contributed by atoms with Crippen LogP contribution in [-0.2, 0) is 9.53 Å². The minimum absolute atomic E-state index is 0.00821. The van der Waals surface area contributed by atoms with Crippen molar-refractivity contribution in [3.63, 3.8) is 0 Å². The number of rotatable bonds is 4. The smallest absolute Gasteiger partial charge is 0.273 e. The molecule has 0 aromatic carbocycles. The molecule has 1 aliphatic carbocycles. The van der Waals surface area contributed by atoms with Gasteiger partial charge in [0.05, 0.1) is 11.6 Å². The molecule has 7 heteroatoms. The highest BCUT2D eigenvalue weighted by atomic mass is 32.1. The minimum atomic E-state index is 0.00821. The van der Waals surface area contributed by atoms with Crippen molar-refractivity contribution in [3.8, 4) is 0 Å². The van der Waals surface area contributed by atoms with E-state index in [-0.39, 0.29) is 29.8 Å². The molecule has 3 heterocycles. The fourth-order valence-corrected chi connectivity index (χ4v) is 4.33. The molecule has 1 aromatic rings. The lowest BCUT2D eigenvalue weighted by molar-refractivity contribution is -0.131. The maximum Gasteiger partial charge on any atom is 0.273 e. The van der Waals surface area contributed by atoms with Gasteiger partial charge in [-0.3, -0.25) is 9.59 Å². The van der Waals surface area contributed by atoms with Crippen molar-refractivity contribution in [2.45, 2.75) is 44.2 Å². The van der Waals surface area contributed by atoms with Crippen LogP contribution < -0.4 is 0 Å². The summed E-state index contributed by atoms with van der Waals surface area (Å²) in [7, 11) is 0. The zero-order valence-electron chi connectivity index (χ0n) is 13.7. The van der Waals surface area contributed by atoms with Crippen LogP contribution in [0.1, 0.15) is 42.6 Å². The Morgan fingerprint density at radius 1 is 1.17 bits per heavy atom. The van der Waals surface area contributed by atoms with Gasteiger partial charge in [-0.15, -0.1) is 11.3 Å². The molecule has 130 valence electrons. The summed E-state index contributed by atoms with van der Waals surface area (Å²) < 4.78 is 5.47. The number of hydrogen-bond donors (Lipinski definition) is 0. The number of hydrogen-bond acceptors (Lipinski definition) is 5. The summed E-state index contributed by atoms with van der Waals surface area (Å²) in [6.07, 6.45) is 4.65. The van der Waals surface area contributed by atoms with Crippen LogP contribution in [0.15, 0.2) is 10.9 Å². The van der Waals surface area contributed by atoms with E-state index in [0.717, 1.165) is 38.6 Å². The van der Waals surface area contributed by atoms with Crippen LogP contribution in [0.25, 0.3) is 0 Å². The van der Waals surface area contributed by atoms with Gasteiger partial charge < -0.3 is 14.5 Å². The highest BCUT2D eigenvalue weighted by molar-refractivity contribution is 7.07. The number of ether oxygens (including phenoxy) is 1. The van der Waals surface area contributed by atoms with Gasteiger partial charge in [-0.1, -0.05) is 0 Å². The second kappa shape index (κ2) is 6.80. The average molecular weight is 349 g/mol. The molecular formula is C17H23N3O3S. The summed E-state index contributed by atoms with van der Waals surface area (Å²) in [5.74, 6) is 0.536. The van der Waals surface area contributed by atoms with Crippen molar-refractivity contribution in [2.24, 2.45) is 5.92 Å². The quantitative estimate of drug-likeness (QED) is 0.831. The Labute approximate surface area is 145 Å². The molecule has 1 aromatic heterocycles. The molecule has 1 saturated carbocycles. The van der Waals surface area contributed by atoms with E-state index in [1.54, 1.807) is 5.51 Å². The first-order valence-corrected chi connectivity index (χ1v) is 9.75. The van der Waals surface area contributed by atoms with Gasteiger partial charge in [0.15, 0.2) is 0 Å². The van der Waals surface area contributed by atoms with Gasteiger partial charge in [-0.25, -0.2) is 4.98 Å². The first kappa shape index (κ1) is 16.0. The topological polar surface area (TPSA) is 62.7 Å². The van der Waals surface area contributed by atoms with Crippen LogP contribution in [0.2, 0.25) is 0 Å². The maximum atomic E-state index is 13.0. The predicted octanol–water partition coefficient (Wildman–Crippen LogP) is 1.78. The number of carbonyl (C=O) groups excluding carboxylic acids is 2. The zero-order valence-corrected chi connectivity index (χ0v) is 14.5. The van der Waals surface area contributed by atoms with E-state index in [1.807, 2.05) is 15.2 Å². The van der Waals surface area contributed by atoms with Crippen LogP contribution in [-0.4, -0.2) is 65.0 Å². The fraction of sp³-hybridized carbons (Fsp3) is 0.706. The van der Waals surface area contributed by atoms with E-state index in [4.69, 9.17) is 4.74 Å². The van der Waals surface area contributed by atoms with E-state index < -0.39 is 0 Å². The zero-order chi connectivity index (χ0) is 16.5. The van der Waals surface area contributed by atoms with Gasteiger partial charge in [0, 0.05) is 43.6 Å². The Hall–Kier alpha value is -1.47. The molecule has 0 N–H and O–H groups in total. The van der Waals surface area contributed by atoms with Crippen LogP contribution in [0.3, 0.4) is 0 Å². The largest absolute Gasteiger partial charge is 0.381 e. The highest BCUT2D eigenvalue weighted by Gasteiger charge is 2.41. The van der Waals surface area contributed by atoms with Crippen molar-refractivity contribution in [2.75, 3.05) is 26.3 Å². The third kappa shape index (κ3) is 3.19. The molecule has 2 amide bonds. The molecule has 2 aliphatic heterocycles. The van der Waals surface area contributed by atoms with E-state index in [0.29, 0.717) is 25.5 Å². The molecular weight excluding hydrogens is 326 g/mol. The fourth-order valence-electron chi connectivity index (χ4n) is 3.80. The molecule has 6 nitrogen and oxygen atoms in total. The van der Waals surface area contributed by atoms with E-state index >= 15 is 0 Å². The Kier molecular flexibility index (Phi) is 4.54. The van der Waals surface area contributed by atoms with Gasteiger partial charge in [-0.05, 0) is 32.1 Å². The molecule has 3 aliphatic rings. The minimum Gasteiger partial charge on any atom is -0.381 e. The summed E-state index contributed by atoms with van der Waals surface area (Å²) in [6, 6.07) is 0.291. The third-order valence-electron chi connectivity index (χ3n) is 5.27. The van der Waals surface area contributed by atoms with Crippen molar-refractivity contribution >= 4 is 23.2 Å². The van der Waals surface area contributed by atoms with E-state index in [2.05, 4.69) is 4.98 Å². The van der Waals surface area contributed by atoms with Crippen LogP contribution in [0, 0.1) is 5.92 Å². The molecule has 1 atom stereocenters. The van der Waals surface area contributed by atoms with Crippen molar-refractivity contribution in [1.29, 1.82) is 0 Å². The number of carbonyl (C=O) groups is 2. The standard InChI is InChI=1S/C17H23N3O3S/c21-16(12-1-2-12)19-6-3-14(9-19)20(13-4-7-23-8-5-13)17(22)15-10-24-11-18-15/h10-14H,1-9H2. The van der Waals surface area contributed by atoms with Gasteiger partial charge >= 0.3 is 0 Å². The lowest BCUT2D eigenvalue weighted by atomic mass is 10.0. The Bertz CT molecular complexity index is 596. The van der Waals surface area contributed by atoms with Crippen LogP contribution in [0.4, 0.5) is 0 Å². The first-order valence-electron chi connectivity index (χ1n) is 8.81.